The minimum Gasteiger partial charge on any atom is -0.320 e. The average Bonchev–Trinajstić information content (AvgIpc) is 3.14. The lowest BCUT2D eigenvalue weighted by Gasteiger charge is -2.01. The van der Waals surface area contributed by atoms with Crippen LogP contribution in [0.15, 0.2) is 55.0 Å². The number of carbonyl (C=O) groups is 1. The predicted molar refractivity (Wildman–Crippen MR) is 93.4 cm³/mol. The molecule has 0 unspecified atom stereocenters. The van der Waals surface area contributed by atoms with Gasteiger partial charge in [0.25, 0.3) is 0 Å². The molecule has 0 aliphatic rings. The topological polar surface area (TPSA) is 64.7 Å². The van der Waals surface area contributed by atoms with Crippen molar-refractivity contribution in [2.24, 2.45) is 7.05 Å². The number of amides is 1. The van der Waals surface area contributed by atoms with E-state index in [2.05, 4.69) is 15.5 Å². The number of hydrogen-bond acceptors (Lipinski definition) is 3. The molecular weight excluding hydrogens is 302 g/mol. The summed E-state index contributed by atoms with van der Waals surface area (Å²) in [5, 5.41) is 11.2. The molecule has 0 saturated heterocycles. The lowest BCUT2D eigenvalue weighted by atomic mass is 10.2. The molecule has 6 nitrogen and oxygen atoms in total. The fourth-order valence-electron chi connectivity index (χ4n) is 2.31. The van der Waals surface area contributed by atoms with Gasteiger partial charge in [0.05, 0.1) is 24.6 Å². The van der Waals surface area contributed by atoms with E-state index in [4.69, 9.17) is 0 Å². The van der Waals surface area contributed by atoms with Crippen molar-refractivity contribution in [1.29, 1.82) is 0 Å². The van der Waals surface area contributed by atoms with Crippen LogP contribution in [0.5, 0.6) is 0 Å². The van der Waals surface area contributed by atoms with E-state index in [-0.39, 0.29) is 5.91 Å². The smallest absolute Gasteiger partial charge is 0.248 e. The van der Waals surface area contributed by atoms with Crippen LogP contribution in [-0.4, -0.2) is 25.5 Å². The number of anilines is 1. The molecule has 0 fully saturated rings. The first-order chi connectivity index (χ1) is 11.6. The van der Waals surface area contributed by atoms with Crippen LogP contribution < -0.4 is 5.32 Å². The highest BCUT2D eigenvalue weighted by Crippen LogP contribution is 2.10. The summed E-state index contributed by atoms with van der Waals surface area (Å²) in [7, 11) is 1.87. The first-order valence-electron chi connectivity index (χ1n) is 7.66. The molecule has 0 atom stereocenters. The fraction of sp³-hybridized carbons (Fsp3) is 0.167. The summed E-state index contributed by atoms with van der Waals surface area (Å²) in [6.07, 6.45) is 8.44. The average molecular weight is 321 g/mol. The minimum absolute atomic E-state index is 0.197. The van der Waals surface area contributed by atoms with Crippen molar-refractivity contribution >= 4 is 17.7 Å². The first kappa shape index (κ1) is 15.7. The number of rotatable bonds is 5. The Bertz CT molecular complexity index is 861. The molecule has 0 aliphatic carbocycles. The van der Waals surface area contributed by atoms with Gasteiger partial charge in [-0.1, -0.05) is 30.3 Å². The van der Waals surface area contributed by atoms with E-state index in [1.807, 2.05) is 50.5 Å². The molecule has 0 saturated carbocycles. The number of carbonyl (C=O) groups excluding carboxylic acids is 1. The van der Waals surface area contributed by atoms with Crippen molar-refractivity contribution in [2.45, 2.75) is 13.5 Å². The van der Waals surface area contributed by atoms with E-state index >= 15 is 0 Å². The van der Waals surface area contributed by atoms with E-state index < -0.39 is 0 Å². The summed E-state index contributed by atoms with van der Waals surface area (Å²) >= 11 is 0. The van der Waals surface area contributed by atoms with Gasteiger partial charge in [-0.2, -0.15) is 10.2 Å². The second kappa shape index (κ2) is 6.95. The maximum absolute atomic E-state index is 12.0. The Morgan fingerprint density at radius 1 is 1.21 bits per heavy atom. The van der Waals surface area contributed by atoms with Crippen LogP contribution in [0.4, 0.5) is 5.69 Å². The largest absolute Gasteiger partial charge is 0.320 e. The number of nitrogens with one attached hydrogen (secondary N) is 1. The fourth-order valence-corrected chi connectivity index (χ4v) is 2.31. The summed E-state index contributed by atoms with van der Waals surface area (Å²) in [4.78, 5) is 12.0. The normalized spacial score (nSPS) is 11.1. The number of hydrogen-bond donors (Lipinski definition) is 1. The summed E-state index contributed by atoms with van der Waals surface area (Å²) < 4.78 is 3.56. The van der Waals surface area contributed by atoms with Crippen LogP contribution in [0.2, 0.25) is 0 Å². The van der Waals surface area contributed by atoms with Crippen molar-refractivity contribution in [1.82, 2.24) is 19.6 Å². The Labute approximate surface area is 140 Å². The van der Waals surface area contributed by atoms with Gasteiger partial charge in [0.1, 0.15) is 0 Å². The summed E-state index contributed by atoms with van der Waals surface area (Å²) in [6.45, 7) is 2.62. The lowest BCUT2D eigenvalue weighted by molar-refractivity contribution is -0.111. The molecule has 0 spiro atoms. The second-order valence-electron chi connectivity index (χ2n) is 5.54. The van der Waals surface area contributed by atoms with Crippen LogP contribution >= 0.6 is 0 Å². The molecule has 122 valence electrons. The van der Waals surface area contributed by atoms with Gasteiger partial charge in [-0.25, -0.2) is 0 Å². The number of nitrogens with zero attached hydrogens (tertiary/aromatic N) is 4. The Kier molecular flexibility index (Phi) is 4.56. The molecule has 0 aliphatic heterocycles. The second-order valence-corrected chi connectivity index (χ2v) is 5.54. The van der Waals surface area contributed by atoms with Gasteiger partial charge in [-0.3, -0.25) is 14.2 Å². The molecule has 1 aromatic carbocycles. The Balaban J connectivity index is 1.60. The molecule has 3 aromatic rings. The maximum atomic E-state index is 12.0. The highest BCUT2D eigenvalue weighted by Gasteiger charge is 2.04. The molecule has 0 bridgehead atoms. The Hall–Kier alpha value is -3.15. The van der Waals surface area contributed by atoms with Crippen molar-refractivity contribution in [3.63, 3.8) is 0 Å². The monoisotopic (exact) mass is 321 g/mol. The van der Waals surface area contributed by atoms with Gasteiger partial charge >= 0.3 is 0 Å². The van der Waals surface area contributed by atoms with E-state index in [9.17, 15) is 4.79 Å². The lowest BCUT2D eigenvalue weighted by Crippen LogP contribution is -2.07. The third-order valence-electron chi connectivity index (χ3n) is 3.78. The molecule has 3 rings (SSSR count). The van der Waals surface area contributed by atoms with Gasteiger partial charge in [0.2, 0.25) is 5.91 Å². The van der Waals surface area contributed by atoms with Gasteiger partial charge < -0.3 is 5.32 Å². The highest BCUT2D eigenvalue weighted by atomic mass is 16.1. The third-order valence-corrected chi connectivity index (χ3v) is 3.78. The predicted octanol–water partition coefficient (Wildman–Crippen LogP) is 2.63. The van der Waals surface area contributed by atoms with E-state index in [1.165, 1.54) is 6.08 Å². The number of benzene rings is 1. The van der Waals surface area contributed by atoms with Crippen molar-refractivity contribution < 1.29 is 4.79 Å². The molecule has 1 N–H and O–H groups in total. The summed E-state index contributed by atoms with van der Waals surface area (Å²) in [5.41, 5.74) is 3.76. The van der Waals surface area contributed by atoms with Gasteiger partial charge in [-0.05, 0) is 18.6 Å². The van der Waals surface area contributed by atoms with Crippen LogP contribution in [0, 0.1) is 6.92 Å². The zero-order valence-electron chi connectivity index (χ0n) is 13.7. The Morgan fingerprint density at radius 2 is 2.00 bits per heavy atom. The molecule has 6 heteroatoms. The van der Waals surface area contributed by atoms with E-state index in [1.54, 1.807) is 27.8 Å². The quantitative estimate of drug-likeness (QED) is 0.735. The number of aromatic nitrogens is 4. The first-order valence-corrected chi connectivity index (χ1v) is 7.66. The van der Waals surface area contributed by atoms with Crippen molar-refractivity contribution in [2.75, 3.05) is 5.32 Å². The third kappa shape index (κ3) is 3.78. The molecule has 2 heterocycles. The van der Waals surface area contributed by atoms with Crippen LogP contribution in [-0.2, 0) is 18.4 Å². The molecule has 1 amide bonds. The van der Waals surface area contributed by atoms with Crippen LogP contribution in [0.25, 0.3) is 6.08 Å². The summed E-state index contributed by atoms with van der Waals surface area (Å²) in [5.74, 6) is -0.197. The zero-order valence-corrected chi connectivity index (χ0v) is 13.7. The van der Waals surface area contributed by atoms with E-state index in [0.29, 0.717) is 12.2 Å². The number of aryl methyl sites for hydroxylation is 1. The minimum atomic E-state index is -0.197. The van der Waals surface area contributed by atoms with Crippen LogP contribution in [0.3, 0.4) is 0 Å². The van der Waals surface area contributed by atoms with Crippen molar-refractivity contribution in [3.8, 4) is 0 Å². The zero-order chi connectivity index (χ0) is 16.9. The van der Waals surface area contributed by atoms with Gasteiger partial charge in [0.15, 0.2) is 0 Å². The van der Waals surface area contributed by atoms with Gasteiger partial charge in [0, 0.05) is 30.6 Å². The standard InChI is InChI=1S/C18H19N5O/c1-14-16(10-19-22(14)2)8-9-18(24)21-17-11-20-23(13-17)12-15-6-4-3-5-7-15/h3-11,13H,12H2,1-2H3,(H,21,24). The SMILES string of the molecule is Cc1c(C=CC(=O)Nc2cnn(Cc3ccccc3)c2)cnn1C. The van der Waals surface area contributed by atoms with Crippen LogP contribution in [0.1, 0.15) is 16.8 Å². The Morgan fingerprint density at radius 3 is 2.71 bits per heavy atom. The van der Waals surface area contributed by atoms with Crippen molar-refractivity contribution in [3.05, 3.63) is 71.8 Å². The van der Waals surface area contributed by atoms with E-state index in [0.717, 1.165) is 16.8 Å². The summed E-state index contributed by atoms with van der Waals surface area (Å²) in [6, 6.07) is 10.0. The maximum Gasteiger partial charge on any atom is 0.248 e. The highest BCUT2D eigenvalue weighted by molar-refractivity contribution is 6.01. The molecule has 0 radical (unpaired) electrons. The molecule has 24 heavy (non-hydrogen) atoms. The molecule has 2 aromatic heterocycles. The van der Waals surface area contributed by atoms with Gasteiger partial charge in [-0.15, -0.1) is 0 Å². The molecular formula is C18H19N5O.